The maximum absolute atomic E-state index is 14.7. The Hall–Kier alpha value is -0.930. The van der Waals surface area contributed by atoms with Crippen molar-refractivity contribution >= 4 is 0 Å². The van der Waals surface area contributed by atoms with E-state index in [1.165, 1.54) is 5.56 Å². The molecule has 2 rings (SSSR count). The molecule has 0 amide bonds. The molecule has 1 aliphatic heterocycles. The first-order valence-electron chi connectivity index (χ1n) is 6.44. The topological polar surface area (TPSA) is 38.0 Å². The summed E-state index contributed by atoms with van der Waals surface area (Å²) in [5.74, 6) is 0. The molecule has 1 saturated heterocycles. The van der Waals surface area contributed by atoms with Gasteiger partial charge in [0, 0.05) is 0 Å². The van der Waals surface area contributed by atoms with Gasteiger partial charge in [0.25, 0.3) is 0 Å². The van der Waals surface area contributed by atoms with Gasteiger partial charge in [-0.1, -0.05) is 24.3 Å². The molecule has 3 heteroatoms. The van der Waals surface area contributed by atoms with E-state index in [4.69, 9.17) is 5.73 Å². The zero-order chi connectivity index (χ0) is 12.1. The number of alkyl halides is 1. The van der Waals surface area contributed by atoms with Gasteiger partial charge in [-0.25, -0.2) is 4.39 Å². The lowest BCUT2D eigenvalue weighted by atomic mass is 9.86. The smallest absolute Gasteiger partial charge is 0.138 e. The Bertz CT molecular complexity index is 359. The van der Waals surface area contributed by atoms with E-state index in [-0.39, 0.29) is 0 Å². The van der Waals surface area contributed by atoms with Crippen molar-refractivity contribution in [1.82, 2.24) is 5.32 Å². The summed E-state index contributed by atoms with van der Waals surface area (Å²) in [5.41, 5.74) is 6.40. The molecule has 0 aliphatic carbocycles. The highest BCUT2D eigenvalue weighted by molar-refractivity contribution is 5.29. The molecule has 0 unspecified atom stereocenters. The fraction of sp³-hybridized carbons (Fsp3) is 0.571. The van der Waals surface area contributed by atoms with Gasteiger partial charge in [0.15, 0.2) is 0 Å². The highest BCUT2D eigenvalue weighted by Crippen LogP contribution is 2.35. The van der Waals surface area contributed by atoms with Crippen molar-refractivity contribution in [2.45, 2.75) is 31.4 Å². The van der Waals surface area contributed by atoms with Crippen LogP contribution in [0.4, 0.5) is 4.39 Å². The second-order valence-corrected chi connectivity index (χ2v) is 4.81. The first-order chi connectivity index (χ1) is 8.24. The number of rotatable bonds is 4. The van der Waals surface area contributed by atoms with Crippen LogP contribution in [0.5, 0.6) is 0 Å². The maximum atomic E-state index is 14.7. The van der Waals surface area contributed by atoms with Gasteiger partial charge in [-0.2, -0.15) is 0 Å². The predicted octanol–water partition coefficient (Wildman–Crippen LogP) is 2.13. The Morgan fingerprint density at radius 2 is 2.06 bits per heavy atom. The summed E-state index contributed by atoms with van der Waals surface area (Å²) in [6.45, 7) is 2.22. The minimum Gasteiger partial charge on any atom is -0.330 e. The molecule has 1 aromatic carbocycles. The van der Waals surface area contributed by atoms with Gasteiger partial charge in [0.1, 0.15) is 5.67 Å². The SMILES string of the molecule is NCCCc1cccc(C2(F)CCNCC2)c1. The van der Waals surface area contributed by atoms with Crippen LogP contribution in [0.2, 0.25) is 0 Å². The Labute approximate surface area is 102 Å². The lowest BCUT2D eigenvalue weighted by Gasteiger charge is -2.30. The molecule has 94 valence electrons. The maximum Gasteiger partial charge on any atom is 0.138 e. The number of halogens is 1. The van der Waals surface area contributed by atoms with E-state index in [9.17, 15) is 4.39 Å². The average Bonchev–Trinajstić information content (AvgIpc) is 2.38. The van der Waals surface area contributed by atoms with Crippen molar-refractivity contribution in [2.75, 3.05) is 19.6 Å². The molecule has 1 aliphatic rings. The predicted molar refractivity (Wildman–Crippen MR) is 68.7 cm³/mol. The third-order valence-corrected chi connectivity index (χ3v) is 3.51. The van der Waals surface area contributed by atoms with E-state index < -0.39 is 5.67 Å². The van der Waals surface area contributed by atoms with Crippen LogP contribution in [0.15, 0.2) is 24.3 Å². The second kappa shape index (κ2) is 5.61. The second-order valence-electron chi connectivity index (χ2n) is 4.81. The fourth-order valence-electron chi connectivity index (χ4n) is 2.42. The third kappa shape index (κ3) is 3.05. The normalized spacial score (nSPS) is 19.2. The quantitative estimate of drug-likeness (QED) is 0.840. The monoisotopic (exact) mass is 236 g/mol. The lowest BCUT2D eigenvalue weighted by molar-refractivity contribution is 0.115. The van der Waals surface area contributed by atoms with Gasteiger partial charge in [-0.15, -0.1) is 0 Å². The Kier molecular flexibility index (Phi) is 4.13. The molecule has 1 fully saturated rings. The molecule has 0 spiro atoms. The van der Waals surface area contributed by atoms with Gasteiger partial charge < -0.3 is 11.1 Å². The van der Waals surface area contributed by atoms with Crippen molar-refractivity contribution in [1.29, 1.82) is 0 Å². The minimum absolute atomic E-state index is 0.577. The Morgan fingerprint density at radius 1 is 1.29 bits per heavy atom. The molecule has 0 atom stereocenters. The van der Waals surface area contributed by atoms with E-state index in [0.29, 0.717) is 19.4 Å². The Morgan fingerprint density at radius 3 is 2.76 bits per heavy atom. The highest BCUT2D eigenvalue weighted by atomic mass is 19.1. The lowest BCUT2D eigenvalue weighted by Crippen LogP contribution is -2.36. The molecule has 1 aromatic rings. The largest absolute Gasteiger partial charge is 0.330 e. The highest BCUT2D eigenvalue weighted by Gasteiger charge is 2.33. The Balaban J connectivity index is 2.14. The zero-order valence-electron chi connectivity index (χ0n) is 10.2. The number of hydrogen-bond donors (Lipinski definition) is 2. The number of aryl methyl sites for hydroxylation is 1. The van der Waals surface area contributed by atoms with Crippen molar-refractivity contribution in [2.24, 2.45) is 5.73 Å². The van der Waals surface area contributed by atoms with Crippen LogP contribution >= 0.6 is 0 Å². The number of benzene rings is 1. The van der Waals surface area contributed by atoms with Gasteiger partial charge in [-0.05, 0) is 56.4 Å². The summed E-state index contributed by atoms with van der Waals surface area (Å²) >= 11 is 0. The standard InChI is InChI=1S/C14H21FN2/c15-14(6-9-17-10-7-14)13-5-1-3-12(11-13)4-2-8-16/h1,3,5,11,17H,2,4,6-10,16H2. The molecule has 0 aromatic heterocycles. The first-order valence-corrected chi connectivity index (χ1v) is 6.44. The van der Waals surface area contributed by atoms with E-state index in [1.807, 2.05) is 18.2 Å². The summed E-state index contributed by atoms with van der Waals surface area (Å²) in [4.78, 5) is 0. The average molecular weight is 236 g/mol. The van der Waals surface area contributed by atoms with Crippen LogP contribution in [0.3, 0.4) is 0 Å². The van der Waals surface area contributed by atoms with E-state index in [2.05, 4.69) is 11.4 Å². The minimum atomic E-state index is -1.13. The zero-order valence-corrected chi connectivity index (χ0v) is 10.2. The number of nitrogens with two attached hydrogens (primary N) is 1. The molecule has 0 bridgehead atoms. The van der Waals surface area contributed by atoms with Crippen LogP contribution in [0.25, 0.3) is 0 Å². The van der Waals surface area contributed by atoms with Crippen LogP contribution < -0.4 is 11.1 Å². The van der Waals surface area contributed by atoms with Gasteiger partial charge in [0.05, 0.1) is 0 Å². The van der Waals surface area contributed by atoms with E-state index >= 15 is 0 Å². The first kappa shape index (κ1) is 12.5. The van der Waals surface area contributed by atoms with Crippen molar-refractivity contribution < 1.29 is 4.39 Å². The molecule has 1 heterocycles. The van der Waals surface area contributed by atoms with Gasteiger partial charge in [-0.3, -0.25) is 0 Å². The third-order valence-electron chi connectivity index (χ3n) is 3.51. The summed E-state index contributed by atoms with van der Waals surface area (Å²) in [6.07, 6.45) is 3.06. The molecule has 2 nitrogen and oxygen atoms in total. The van der Waals surface area contributed by atoms with Crippen LogP contribution in [0, 0.1) is 0 Å². The van der Waals surface area contributed by atoms with Crippen LogP contribution in [-0.4, -0.2) is 19.6 Å². The summed E-state index contributed by atoms with van der Waals surface area (Å²) in [5, 5.41) is 3.20. The molecule has 0 radical (unpaired) electrons. The van der Waals surface area contributed by atoms with Crippen molar-refractivity contribution in [3.05, 3.63) is 35.4 Å². The fourth-order valence-corrected chi connectivity index (χ4v) is 2.42. The molecular formula is C14H21FN2. The van der Waals surface area contributed by atoms with Gasteiger partial charge >= 0.3 is 0 Å². The van der Waals surface area contributed by atoms with Crippen molar-refractivity contribution in [3.63, 3.8) is 0 Å². The van der Waals surface area contributed by atoms with Crippen LogP contribution in [-0.2, 0) is 12.1 Å². The molecule has 0 saturated carbocycles. The summed E-state index contributed by atoms with van der Waals surface area (Å²) in [6, 6.07) is 7.95. The number of hydrogen-bond acceptors (Lipinski definition) is 2. The van der Waals surface area contributed by atoms with Crippen LogP contribution in [0.1, 0.15) is 30.4 Å². The van der Waals surface area contributed by atoms with E-state index in [0.717, 1.165) is 31.5 Å². The van der Waals surface area contributed by atoms with Gasteiger partial charge in [0.2, 0.25) is 0 Å². The summed E-state index contributed by atoms with van der Waals surface area (Å²) in [7, 11) is 0. The number of piperidine rings is 1. The number of nitrogens with one attached hydrogen (secondary N) is 1. The van der Waals surface area contributed by atoms with Crippen molar-refractivity contribution in [3.8, 4) is 0 Å². The molecule has 17 heavy (non-hydrogen) atoms. The molecular weight excluding hydrogens is 215 g/mol. The summed E-state index contributed by atoms with van der Waals surface area (Å²) < 4.78 is 14.7. The van der Waals surface area contributed by atoms with E-state index in [1.54, 1.807) is 0 Å². The molecule has 3 N–H and O–H groups in total.